The molecule has 0 aliphatic carbocycles. The number of nitrogen functional groups attached to an aromatic ring is 1. The van der Waals surface area contributed by atoms with Crippen molar-refractivity contribution in [2.24, 2.45) is 0 Å². The first-order chi connectivity index (χ1) is 6.72. The first-order valence-electron chi connectivity index (χ1n) is 4.31. The Labute approximate surface area is 94.8 Å². The molecule has 1 aromatic heterocycles. The molecule has 14 heavy (non-hydrogen) atoms. The molecule has 2 nitrogen and oxygen atoms in total. The van der Waals surface area contributed by atoms with Gasteiger partial charge in [0.2, 0.25) is 0 Å². The summed E-state index contributed by atoms with van der Waals surface area (Å²) in [6.45, 7) is 2.66. The van der Waals surface area contributed by atoms with Crippen LogP contribution in [0, 0.1) is 0 Å². The molecule has 1 aromatic carbocycles. The molecule has 0 atom stereocenters. The van der Waals surface area contributed by atoms with E-state index >= 15 is 0 Å². The van der Waals surface area contributed by atoms with Gasteiger partial charge < -0.3 is 10.5 Å². The lowest BCUT2D eigenvalue weighted by Crippen LogP contribution is -1.90. The fraction of sp³-hybridized carbons (Fsp3) is 0.200. The average molecular weight is 272 g/mol. The minimum atomic E-state index is 0.679. The minimum Gasteiger partial charge on any atom is -0.492 e. The van der Waals surface area contributed by atoms with E-state index in [-0.39, 0.29) is 0 Å². The largest absolute Gasteiger partial charge is 0.492 e. The molecule has 0 aliphatic heterocycles. The van der Waals surface area contributed by atoms with Gasteiger partial charge in [0.25, 0.3) is 0 Å². The van der Waals surface area contributed by atoms with E-state index in [0.29, 0.717) is 6.61 Å². The van der Waals surface area contributed by atoms with Crippen molar-refractivity contribution in [1.82, 2.24) is 0 Å². The summed E-state index contributed by atoms with van der Waals surface area (Å²) < 4.78 is 7.72. The van der Waals surface area contributed by atoms with E-state index in [1.54, 1.807) is 11.3 Å². The minimum absolute atomic E-state index is 0.679. The predicted molar refractivity (Wildman–Crippen MR) is 65.1 cm³/mol. The molecule has 0 aliphatic rings. The van der Waals surface area contributed by atoms with Crippen molar-refractivity contribution in [2.45, 2.75) is 6.92 Å². The van der Waals surface area contributed by atoms with Gasteiger partial charge in [-0.05, 0) is 35.0 Å². The van der Waals surface area contributed by atoms with Gasteiger partial charge in [0, 0.05) is 20.9 Å². The molecule has 1 heterocycles. The number of ether oxygens (including phenoxy) is 1. The van der Waals surface area contributed by atoms with E-state index in [0.717, 1.165) is 21.3 Å². The van der Waals surface area contributed by atoms with Crippen molar-refractivity contribution in [2.75, 3.05) is 12.3 Å². The third-order valence-corrected chi connectivity index (χ3v) is 3.81. The predicted octanol–water partition coefficient (Wildman–Crippen LogP) is 3.64. The molecule has 0 amide bonds. The van der Waals surface area contributed by atoms with Crippen LogP contribution in [-0.2, 0) is 0 Å². The molecule has 0 radical (unpaired) electrons. The number of hydrogen-bond acceptors (Lipinski definition) is 3. The molecular formula is C10H10BrNOS. The number of thiophene rings is 1. The Balaban J connectivity index is 2.66. The van der Waals surface area contributed by atoms with Gasteiger partial charge in [0.15, 0.2) is 0 Å². The molecule has 2 rings (SSSR count). The summed E-state index contributed by atoms with van der Waals surface area (Å²) in [5, 5.41) is 3.10. The SMILES string of the molecule is CCOc1csc2c(Br)cc(N)cc12. The van der Waals surface area contributed by atoms with Crippen LogP contribution in [0.25, 0.3) is 10.1 Å². The molecule has 0 fully saturated rings. The topological polar surface area (TPSA) is 35.2 Å². The molecule has 0 spiro atoms. The smallest absolute Gasteiger partial charge is 0.137 e. The lowest BCUT2D eigenvalue weighted by atomic mass is 10.2. The first-order valence-corrected chi connectivity index (χ1v) is 5.98. The van der Waals surface area contributed by atoms with Gasteiger partial charge in [-0.2, -0.15) is 0 Å². The standard InChI is InChI=1S/C10H10BrNOS/c1-2-13-9-5-14-10-7(9)3-6(12)4-8(10)11/h3-5H,2,12H2,1H3. The zero-order valence-electron chi connectivity index (χ0n) is 7.71. The quantitative estimate of drug-likeness (QED) is 0.847. The van der Waals surface area contributed by atoms with Gasteiger partial charge in [0.05, 0.1) is 11.3 Å². The van der Waals surface area contributed by atoms with E-state index in [1.165, 1.54) is 4.70 Å². The van der Waals surface area contributed by atoms with E-state index in [9.17, 15) is 0 Å². The van der Waals surface area contributed by atoms with E-state index in [2.05, 4.69) is 15.9 Å². The summed E-state index contributed by atoms with van der Waals surface area (Å²) in [7, 11) is 0. The van der Waals surface area contributed by atoms with E-state index in [1.807, 2.05) is 24.4 Å². The zero-order chi connectivity index (χ0) is 10.1. The van der Waals surface area contributed by atoms with Gasteiger partial charge in [-0.1, -0.05) is 0 Å². The molecule has 4 heteroatoms. The summed E-state index contributed by atoms with van der Waals surface area (Å²) in [5.41, 5.74) is 6.52. The zero-order valence-corrected chi connectivity index (χ0v) is 10.1. The Hall–Kier alpha value is -0.740. The van der Waals surface area contributed by atoms with E-state index < -0.39 is 0 Å². The van der Waals surface area contributed by atoms with Crippen LogP contribution in [0.3, 0.4) is 0 Å². The lowest BCUT2D eigenvalue weighted by molar-refractivity contribution is 0.345. The highest BCUT2D eigenvalue weighted by molar-refractivity contribution is 9.10. The maximum Gasteiger partial charge on any atom is 0.137 e. The van der Waals surface area contributed by atoms with Gasteiger partial charge >= 0.3 is 0 Å². The second-order valence-electron chi connectivity index (χ2n) is 2.91. The highest BCUT2D eigenvalue weighted by Crippen LogP contribution is 2.38. The van der Waals surface area contributed by atoms with Gasteiger partial charge in [-0.3, -0.25) is 0 Å². The Morgan fingerprint density at radius 1 is 1.50 bits per heavy atom. The van der Waals surface area contributed by atoms with Crippen LogP contribution in [0.1, 0.15) is 6.92 Å². The number of halogens is 1. The highest BCUT2D eigenvalue weighted by Gasteiger charge is 2.08. The van der Waals surface area contributed by atoms with Crippen molar-refractivity contribution in [1.29, 1.82) is 0 Å². The maximum atomic E-state index is 5.77. The third-order valence-electron chi connectivity index (χ3n) is 1.92. The fourth-order valence-corrected chi connectivity index (χ4v) is 3.00. The van der Waals surface area contributed by atoms with Crippen LogP contribution in [0.15, 0.2) is 22.0 Å². The normalized spacial score (nSPS) is 10.7. The van der Waals surface area contributed by atoms with Gasteiger partial charge in [-0.15, -0.1) is 11.3 Å². The molecule has 0 saturated heterocycles. The number of nitrogens with two attached hydrogens (primary N) is 1. The van der Waals surface area contributed by atoms with Crippen LogP contribution in [0.2, 0.25) is 0 Å². The van der Waals surface area contributed by atoms with E-state index in [4.69, 9.17) is 10.5 Å². The fourth-order valence-electron chi connectivity index (χ4n) is 1.36. The molecule has 2 aromatic rings. The van der Waals surface area contributed by atoms with Crippen LogP contribution in [0.5, 0.6) is 5.75 Å². The van der Waals surface area contributed by atoms with Crippen molar-refractivity contribution in [3.63, 3.8) is 0 Å². The molecule has 0 bridgehead atoms. The van der Waals surface area contributed by atoms with Gasteiger partial charge in [0.1, 0.15) is 5.75 Å². The summed E-state index contributed by atoms with van der Waals surface area (Å²) in [6.07, 6.45) is 0. The summed E-state index contributed by atoms with van der Waals surface area (Å²) in [5.74, 6) is 0.917. The third kappa shape index (κ3) is 1.60. The lowest BCUT2D eigenvalue weighted by Gasteiger charge is -2.02. The number of rotatable bonds is 2. The van der Waals surface area contributed by atoms with Gasteiger partial charge in [-0.25, -0.2) is 0 Å². The Morgan fingerprint density at radius 2 is 2.29 bits per heavy atom. The Kier molecular flexibility index (Phi) is 2.65. The number of hydrogen-bond donors (Lipinski definition) is 1. The summed E-state index contributed by atoms with van der Waals surface area (Å²) in [6, 6.07) is 3.86. The molecule has 0 unspecified atom stereocenters. The van der Waals surface area contributed by atoms with Crippen molar-refractivity contribution in [3.05, 3.63) is 22.0 Å². The summed E-state index contributed by atoms with van der Waals surface area (Å²) >= 11 is 5.15. The first kappa shape index (κ1) is 9.80. The second-order valence-corrected chi connectivity index (χ2v) is 4.65. The maximum absolute atomic E-state index is 5.77. The van der Waals surface area contributed by atoms with Crippen LogP contribution < -0.4 is 10.5 Å². The molecule has 74 valence electrons. The van der Waals surface area contributed by atoms with Crippen molar-refractivity contribution < 1.29 is 4.74 Å². The molecular weight excluding hydrogens is 262 g/mol. The van der Waals surface area contributed by atoms with Crippen LogP contribution in [0.4, 0.5) is 5.69 Å². The van der Waals surface area contributed by atoms with Crippen LogP contribution in [-0.4, -0.2) is 6.61 Å². The Morgan fingerprint density at radius 3 is 3.00 bits per heavy atom. The molecule has 0 saturated carbocycles. The van der Waals surface area contributed by atoms with Crippen LogP contribution >= 0.6 is 27.3 Å². The van der Waals surface area contributed by atoms with Crippen molar-refractivity contribution >= 4 is 43.0 Å². The summed E-state index contributed by atoms with van der Waals surface area (Å²) in [4.78, 5) is 0. The number of fused-ring (bicyclic) bond motifs is 1. The monoisotopic (exact) mass is 271 g/mol. The highest BCUT2D eigenvalue weighted by atomic mass is 79.9. The number of benzene rings is 1. The second kappa shape index (κ2) is 3.79. The molecule has 2 N–H and O–H groups in total. The number of anilines is 1. The average Bonchev–Trinajstić information content (AvgIpc) is 2.49. The van der Waals surface area contributed by atoms with Crippen molar-refractivity contribution in [3.8, 4) is 5.75 Å². The Bertz CT molecular complexity index is 466.